The van der Waals surface area contributed by atoms with E-state index in [1.807, 2.05) is 18.2 Å². The summed E-state index contributed by atoms with van der Waals surface area (Å²) in [6, 6.07) is 5.58. The lowest BCUT2D eigenvalue weighted by atomic mass is 9.86. The Kier molecular flexibility index (Phi) is 3.64. The van der Waals surface area contributed by atoms with E-state index in [4.69, 9.17) is 4.74 Å². The van der Waals surface area contributed by atoms with Crippen LogP contribution in [0.2, 0.25) is 0 Å². The van der Waals surface area contributed by atoms with Gasteiger partial charge in [0.1, 0.15) is 5.75 Å². The van der Waals surface area contributed by atoms with Crippen LogP contribution in [0.5, 0.6) is 5.75 Å². The number of ether oxygens (including phenoxy) is 1. The zero-order valence-corrected chi connectivity index (χ0v) is 10.9. The third-order valence-corrected chi connectivity index (χ3v) is 3.51. The maximum atomic E-state index is 11.4. The fourth-order valence-electron chi connectivity index (χ4n) is 1.77. The molecule has 0 aromatic heterocycles. The molecule has 0 bridgehead atoms. The van der Waals surface area contributed by atoms with Gasteiger partial charge in [-0.2, -0.15) is 0 Å². The van der Waals surface area contributed by atoms with Crippen LogP contribution < -0.4 is 4.74 Å². The van der Waals surface area contributed by atoms with Gasteiger partial charge in [-0.05, 0) is 43.9 Å². The van der Waals surface area contributed by atoms with E-state index in [1.54, 1.807) is 6.92 Å². The molecule has 0 heterocycles. The third-order valence-electron chi connectivity index (χ3n) is 3.02. The topological polar surface area (TPSA) is 26.3 Å². The van der Waals surface area contributed by atoms with Crippen LogP contribution in [0, 0.1) is 5.92 Å². The smallest absolute Gasteiger partial charge is 0.163 e. The van der Waals surface area contributed by atoms with Crippen molar-refractivity contribution in [2.45, 2.75) is 26.2 Å². The molecule has 86 valence electrons. The van der Waals surface area contributed by atoms with Crippen LogP contribution >= 0.6 is 15.9 Å². The van der Waals surface area contributed by atoms with Crippen molar-refractivity contribution in [3.63, 3.8) is 0 Å². The van der Waals surface area contributed by atoms with Crippen LogP contribution in [0.1, 0.15) is 36.5 Å². The predicted octanol–water partition coefficient (Wildman–Crippen LogP) is 3.83. The van der Waals surface area contributed by atoms with Gasteiger partial charge >= 0.3 is 0 Å². The molecule has 1 fully saturated rings. The number of hydrogen-bond donors (Lipinski definition) is 0. The Morgan fingerprint density at radius 1 is 1.50 bits per heavy atom. The number of ketones is 1. The number of benzene rings is 1. The van der Waals surface area contributed by atoms with E-state index >= 15 is 0 Å². The highest BCUT2D eigenvalue weighted by Crippen LogP contribution is 2.29. The van der Waals surface area contributed by atoms with Gasteiger partial charge in [0.2, 0.25) is 0 Å². The van der Waals surface area contributed by atoms with E-state index in [-0.39, 0.29) is 5.78 Å². The quantitative estimate of drug-likeness (QED) is 0.785. The van der Waals surface area contributed by atoms with Crippen molar-refractivity contribution >= 4 is 21.7 Å². The molecular weight excluding hydrogens is 268 g/mol. The second-order valence-electron chi connectivity index (χ2n) is 4.30. The lowest BCUT2D eigenvalue weighted by Gasteiger charge is -2.25. The normalized spacial score (nSPS) is 15.6. The summed E-state index contributed by atoms with van der Waals surface area (Å²) in [5.74, 6) is 1.44. The summed E-state index contributed by atoms with van der Waals surface area (Å²) in [5.41, 5.74) is 0.661. The number of hydrogen-bond acceptors (Lipinski definition) is 2. The molecule has 3 heteroatoms. The minimum absolute atomic E-state index is 0.0462. The summed E-state index contributed by atoms with van der Waals surface area (Å²) in [4.78, 5) is 11.4. The first-order valence-corrected chi connectivity index (χ1v) is 6.39. The molecule has 0 spiro atoms. The van der Waals surface area contributed by atoms with Crippen LogP contribution in [0.25, 0.3) is 0 Å². The molecule has 0 amide bonds. The second kappa shape index (κ2) is 5.00. The van der Waals surface area contributed by atoms with E-state index in [9.17, 15) is 4.79 Å². The molecule has 0 N–H and O–H groups in total. The van der Waals surface area contributed by atoms with Crippen LogP contribution in [0.15, 0.2) is 22.7 Å². The molecule has 1 saturated carbocycles. The zero-order valence-electron chi connectivity index (χ0n) is 9.33. The molecule has 0 unspecified atom stereocenters. The number of carbonyl (C=O) groups excluding carboxylic acids is 1. The van der Waals surface area contributed by atoms with Gasteiger partial charge in [-0.1, -0.05) is 22.4 Å². The summed E-state index contributed by atoms with van der Waals surface area (Å²) in [6.45, 7) is 2.31. The van der Waals surface area contributed by atoms with E-state index < -0.39 is 0 Å². The predicted molar refractivity (Wildman–Crippen MR) is 67.0 cm³/mol. The highest BCUT2D eigenvalue weighted by atomic mass is 79.9. The van der Waals surface area contributed by atoms with Crippen molar-refractivity contribution in [3.8, 4) is 5.75 Å². The largest absolute Gasteiger partial charge is 0.493 e. The number of carbonyl (C=O) groups is 1. The minimum atomic E-state index is 0.0462. The fraction of sp³-hybridized carbons (Fsp3) is 0.462. The average Bonchev–Trinajstić information content (AvgIpc) is 2.17. The standard InChI is InChI=1S/C13H15BrO2/c1-9(15)12-7-11(14)5-6-13(12)16-8-10-3-2-4-10/h5-7,10H,2-4,8H2,1H3. The first-order valence-electron chi connectivity index (χ1n) is 5.60. The molecule has 16 heavy (non-hydrogen) atoms. The van der Waals surface area contributed by atoms with Gasteiger partial charge in [0.05, 0.1) is 12.2 Å². The summed E-state index contributed by atoms with van der Waals surface area (Å²) in [6.07, 6.45) is 3.83. The fourth-order valence-corrected chi connectivity index (χ4v) is 2.13. The zero-order chi connectivity index (χ0) is 11.5. The number of Topliss-reactive ketones (excluding diaryl/α,β-unsaturated/α-hetero) is 1. The summed E-state index contributed by atoms with van der Waals surface area (Å²) in [7, 11) is 0. The molecule has 1 aromatic rings. The van der Waals surface area contributed by atoms with Gasteiger partial charge in [-0.3, -0.25) is 4.79 Å². The maximum absolute atomic E-state index is 11.4. The third kappa shape index (κ3) is 2.64. The van der Waals surface area contributed by atoms with E-state index in [0.717, 1.165) is 11.1 Å². The Labute approximate surface area is 104 Å². The Morgan fingerprint density at radius 3 is 2.81 bits per heavy atom. The van der Waals surface area contributed by atoms with Crippen LogP contribution in [-0.2, 0) is 0 Å². The van der Waals surface area contributed by atoms with Crippen LogP contribution in [0.3, 0.4) is 0 Å². The van der Waals surface area contributed by atoms with E-state index in [1.165, 1.54) is 19.3 Å². The van der Waals surface area contributed by atoms with Gasteiger partial charge < -0.3 is 4.74 Å². The number of halogens is 1. The van der Waals surface area contributed by atoms with Gasteiger partial charge in [-0.25, -0.2) is 0 Å². The van der Waals surface area contributed by atoms with Gasteiger partial charge in [0.15, 0.2) is 5.78 Å². The minimum Gasteiger partial charge on any atom is -0.493 e. The lowest BCUT2D eigenvalue weighted by molar-refractivity contribution is 0.101. The van der Waals surface area contributed by atoms with E-state index in [0.29, 0.717) is 17.2 Å². The van der Waals surface area contributed by atoms with Crippen LogP contribution in [-0.4, -0.2) is 12.4 Å². The molecule has 1 aliphatic rings. The van der Waals surface area contributed by atoms with Crippen molar-refractivity contribution in [1.82, 2.24) is 0 Å². The highest BCUT2D eigenvalue weighted by molar-refractivity contribution is 9.10. The van der Waals surface area contributed by atoms with Gasteiger partial charge in [-0.15, -0.1) is 0 Å². The van der Waals surface area contributed by atoms with Crippen molar-refractivity contribution in [3.05, 3.63) is 28.2 Å². The molecule has 1 aromatic carbocycles. The van der Waals surface area contributed by atoms with Crippen molar-refractivity contribution in [2.24, 2.45) is 5.92 Å². The van der Waals surface area contributed by atoms with Crippen molar-refractivity contribution in [1.29, 1.82) is 0 Å². The Balaban J connectivity index is 2.08. The van der Waals surface area contributed by atoms with Crippen molar-refractivity contribution in [2.75, 3.05) is 6.61 Å². The molecule has 0 atom stereocenters. The molecule has 0 aliphatic heterocycles. The van der Waals surface area contributed by atoms with E-state index in [2.05, 4.69) is 15.9 Å². The van der Waals surface area contributed by atoms with Crippen LogP contribution in [0.4, 0.5) is 0 Å². The molecule has 2 rings (SSSR count). The second-order valence-corrected chi connectivity index (χ2v) is 5.22. The Hall–Kier alpha value is -0.830. The Morgan fingerprint density at radius 2 is 2.25 bits per heavy atom. The lowest BCUT2D eigenvalue weighted by Crippen LogP contribution is -2.19. The van der Waals surface area contributed by atoms with Gasteiger partial charge in [0, 0.05) is 4.47 Å². The first kappa shape index (κ1) is 11.6. The average molecular weight is 283 g/mol. The summed E-state index contributed by atoms with van der Waals surface area (Å²) < 4.78 is 6.63. The highest BCUT2D eigenvalue weighted by Gasteiger charge is 2.19. The molecule has 0 saturated heterocycles. The molecule has 2 nitrogen and oxygen atoms in total. The first-order chi connectivity index (χ1) is 7.66. The molecular formula is C13H15BrO2. The van der Waals surface area contributed by atoms with Crippen molar-refractivity contribution < 1.29 is 9.53 Å². The van der Waals surface area contributed by atoms with Gasteiger partial charge in [0.25, 0.3) is 0 Å². The summed E-state index contributed by atoms with van der Waals surface area (Å²) >= 11 is 3.36. The molecule has 0 radical (unpaired) electrons. The maximum Gasteiger partial charge on any atom is 0.163 e. The molecule has 1 aliphatic carbocycles. The number of rotatable bonds is 4. The SMILES string of the molecule is CC(=O)c1cc(Br)ccc1OCC1CCC1. The Bertz CT molecular complexity index is 397. The monoisotopic (exact) mass is 282 g/mol. The summed E-state index contributed by atoms with van der Waals surface area (Å²) in [5, 5.41) is 0.